The van der Waals surface area contributed by atoms with Crippen LogP contribution in [0.2, 0.25) is 0 Å². The van der Waals surface area contributed by atoms with Gasteiger partial charge in [-0.1, -0.05) is 30.3 Å². The molecule has 3 heteroatoms. The molecule has 0 saturated heterocycles. The minimum Gasteiger partial charge on any atom is -0.325 e. The first-order chi connectivity index (χ1) is 9.29. The zero-order valence-electron chi connectivity index (χ0n) is 10.5. The number of rotatable bonds is 3. The Morgan fingerprint density at radius 2 is 1.95 bits per heavy atom. The Morgan fingerprint density at radius 3 is 2.63 bits per heavy atom. The number of nitrogens with one attached hydrogen (secondary N) is 1. The highest BCUT2D eigenvalue weighted by molar-refractivity contribution is 6.03. The molecule has 2 aromatic rings. The fraction of sp³-hybridized carbons (Fsp3) is 0.250. The molecule has 1 amide bonds. The smallest absolute Gasteiger partial charge is 0.238 e. The Bertz CT molecular complexity index is 681. The molecule has 0 bridgehead atoms. The van der Waals surface area contributed by atoms with Crippen molar-refractivity contribution in [3.63, 3.8) is 0 Å². The van der Waals surface area contributed by atoms with Crippen molar-refractivity contribution in [3.05, 3.63) is 42.0 Å². The summed E-state index contributed by atoms with van der Waals surface area (Å²) in [7, 11) is 0. The van der Waals surface area contributed by atoms with Gasteiger partial charge in [-0.05, 0) is 35.8 Å². The lowest BCUT2D eigenvalue weighted by molar-refractivity contribution is -0.115. The van der Waals surface area contributed by atoms with Gasteiger partial charge in [0.05, 0.1) is 6.07 Å². The van der Waals surface area contributed by atoms with Crippen molar-refractivity contribution in [1.82, 2.24) is 0 Å². The van der Waals surface area contributed by atoms with Crippen LogP contribution in [0.1, 0.15) is 30.7 Å². The Labute approximate surface area is 111 Å². The number of amides is 1. The summed E-state index contributed by atoms with van der Waals surface area (Å²) < 4.78 is 0. The van der Waals surface area contributed by atoms with Crippen LogP contribution < -0.4 is 5.32 Å². The number of hydrogen-bond acceptors (Lipinski definition) is 2. The number of carbonyl (C=O) groups excluding carboxylic acids is 1. The molecule has 0 radical (unpaired) electrons. The molecule has 0 atom stereocenters. The molecule has 0 heterocycles. The second kappa shape index (κ2) is 4.74. The third kappa shape index (κ3) is 2.30. The lowest BCUT2D eigenvalue weighted by Crippen LogP contribution is -2.10. The fourth-order valence-corrected chi connectivity index (χ4v) is 2.45. The summed E-state index contributed by atoms with van der Waals surface area (Å²) >= 11 is 0. The number of hydrogen-bond donors (Lipinski definition) is 1. The molecular weight excluding hydrogens is 236 g/mol. The zero-order valence-corrected chi connectivity index (χ0v) is 10.5. The Hall–Kier alpha value is -2.34. The van der Waals surface area contributed by atoms with Gasteiger partial charge >= 0.3 is 0 Å². The van der Waals surface area contributed by atoms with E-state index >= 15 is 0 Å². The van der Waals surface area contributed by atoms with Crippen molar-refractivity contribution < 1.29 is 4.79 Å². The molecule has 0 aliphatic heterocycles. The quantitative estimate of drug-likeness (QED) is 0.905. The minimum absolute atomic E-state index is 0.112. The lowest BCUT2D eigenvalue weighted by atomic mass is 9.99. The molecule has 1 aliphatic carbocycles. The van der Waals surface area contributed by atoms with Gasteiger partial charge < -0.3 is 5.32 Å². The van der Waals surface area contributed by atoms with Gasteiger partial charge in [0.1, 0.15) is 6.42 Å². The first-order valence-corrected chi connectivity index (χ1v) is 6.48. The van der Waals surface area contributed by atoms with Gasteiger partial charge in [-0.25, -0.2) is 0 Å². The van der Waals surface area contributed by atoms with Crippen molar-refractivity contribution >= 4 is 22.4 Å². The Kier molecular flexibility index (Phi) is 2.92. The molecule has 3 nitrogen and oxygen atoms in total. The first kappa shape index (κ1) is 11.7. The average molecular weight is 250 g/mol. The number of anilines is 1. The second-order valence-corrected chi connectivity index (χ2v) is 4.91. The maximum absolute atomic E-state index is 11.6. The molecule has 2 aromatic carbocycles. The summed E-state index contributed by atoms with van der Waals surface area (Å²) in [6.07, 6.45) is 2.40. The first-order valence-electron chi connectivity index (χ1n) is 6.48. The number of nitriles is 1. The number of benzene rings is 2. The SMILES string of the molecule is N#CCC(=O)Nc1ccc(C2CC2)c2ccccc12. The normalized spacial score (nSPS) is 14.1. The van der Waals surface area contributed by atoms with Gasteiger partial charge in [0.15, 0.2) is 0 Å². The maximum Gasteiger partial charge on any atom is 0.238 e. The molecule has 1 N–H and O–H groups in total. The highest BCUT2D eigenvalue weighted by atomic mass is 16.1. The minimum atomic E-state index is -0.258. The van der Waals surface area contributed by atoms with Crippen molar-refractivity contribution in [2.24, 2.45) is 0 Å². The van der Waals surface area contributed by atoms with Crippen LogP contribution in [0.3, 0.4) is 0 Å². The summed E-state index contributed by atoms with van der Waals surface area (Å²) in [5.41, 5.74) is 2.16. The topological polar surface area (TPSA) is 52.9 Å². The molecule has 19 heavy (non-hydrogen) atoms. The summed E-state index contributed by atoms with van der Waals surface area (Å²) in [6.45, 7) is 0. The Balaban J connectivity index is 2.04. The number of fused-ring (bicyclic) bond motifs is 1. The largest absolute Gasteiger partial charge is 0.325 e. The predicted octanol–water partition coefficient (Wildman–Crippen LogP) is 3.57. The lowest BCUT2D eigenvalue weighted by Gasteiger charge is -2.11. The number of nitrogens with zero attached hydrogens (tertiary/aromatic N) is 1. The molecule has 94 valence electrons. The van der Waals surface area contributed by atoms with E-state index in [4.69, 9.17) is 5.26 Å². The summed E-state index contributed by atoms with van der Waals surface area (Å²) in [6, 6.07) is 14.0. The maximum atomic E-state index is 11.6. The molecule has 0 unspecified atom stereocenters. The van der Waals surface area contributed by atoms with Crippen LogP contribution in [0, 0.1) is 11.3 Å². The summed E-state index contributed by atoms with van der Waals surface area (Å²) in [5, 5.41) is 13.6. The van der Waals surface area contributed by atoms with E-state index in [0.717, 1.165) is 11.1 Å². The number of carbonyl (C=O) groups is 1. The molecule has 3 rings (SSSR count). The summed E-state index contributed by atoms with van der Waals surface area (Å²) in [5.74, 6) is 0.417. The van der Waals surface area contributed by atoms with Crippen LogP contribution in [0.4, 0.5) is 5.69 Å². The van der Waals surface area contributed by atoms with E-state index in [9.17, 15) is 4.79 Å². The fourth-order valence-electron chi connectivity index (χ4n) is 2.45. The van der Waals surface area contributed by atoms with Crippen molar-refractivity contribution in [2.75, 3.05) is 5.32 Å². The van der Waals surface area contributed by atoms with E-state index in [1.54, 1.807) is 0 Å². The van der Waals surface area contributed by atoms with E-state index in [2.05, 4.69) is 17.4 Å². The summed E-state index contributed by atoms with van der Waals surface area (Å²) in [4.78, 5) is 11.6. The van der Waals surface area contributed by atoms with Crippen LogP contribution in [-0.4, -0.2) is 5.91 Å². The van der Waals surface area contributed by atoms with Crippen LogP contribution in [0.5, 0.6) is 0 Å². The van der Waals surface area contributed by atoms with Gasteiger partial charge in [0, 0.05) is 11.1 Å². The third-order valence-corrected chi connectivity index (χ3v) is 3.49. The monoisotopic (exact) mass is 250 g/mol. The van der Waals surface area contributed by atoms with E-state index in [0.29, 0.717) is 5.92 Å². The molecular formula is C16H14N2O. The van der Waals surface area contributed by atoms with Gasteiger partial charge in [-0.3, -0.25) is 4.79 Å². The highest BCUT2D eigenvalue weighted by Gasteiger charge is 2.25. The van der Waals surface area contributed by atoms with E-state index < -0.39 is 0 Å². The second-order valence-electron chi connectivity index (χ2n) is 4.91. The van der Waals surface area contributed by atoms with Gasteiger partial charge in [0.25, 0.3) is 0 Å². The van der Waals surface area contributed by atoms with E-state index in [1.807, 2.05) is 30.3 Å². The zero-order chi connectivity index (χ0) is 13.2. The third-order valence-electron chi connectivity index (χ3n) is 3.49. The molecule has 0 spiro atoms. The molecule has 1 saturated carbocycles. The van der Waals surface area contributed by atoms with Crippen LogP contribution in [0.25, 0.3) is 10.8 Å². The van der Waals surface area contributed by atoms with Crippen LogP contribution in [-0.2, 0) is 4.79 Å². The van der Waals surface area contributed by atoms with E-state index in [1.165, 1.54) is 23.8 Å². The van der Waals surface area contributed by atoms with E-state index in [-0.39, 0.29) is 12.3 Å². The standard InChI is InChI=1S/C16H14N2O/c17-10-9-16(19)18-15-8-7-12(11-5-6-11)13-3-1-2-4-14(13)15/h1-4,7-8,11H,5-6,9H2,(H,18,19). The molecule has 1 fully saturated rings. The van der Waals surface area contributed by atoms with Gasteiger partial charge in [0.2, 0.25) is 5.91 Å². The van der Waals surface area contributed by atoms with Crippen molar-refractivity contribution in [1.29, 1.82) is 5.26 Å². The van der Waals surface area contributed by atoms with Gasteiger partial charge in [-0.2, -0.15) is 5.26 Å². The highest BCUT2D eigenvalue weighted by Crippen LogP contribution is 2.44. The van der Waals surface area contributed by atoms with Gasteiger partial charge in [-0.15, -0.1) is 0 Å². The van der Waals surface area contributed by atoms with Crippen molar-refractivity contribution in [3.8, 4) is 6.07 Å². The van der Waals surface area contributed by atoms with Crippen molar-refractivity contribution in [2.45, 2.75) is 25.2 Å². The van der Waals surface area contributed by atoms with Crippen LogP contribution >= 0.6 is 0 Å². The predicted molar refractivity (Wildman–Crippen MR) is 74.8 cm³/mol. The molecule has 1 aliphatic rings. The Morgan fingerprint density at radius 1 is 1.21 bits per heavy atom. The molecule has 0 aromatic heterocycles. The average Bonchev–Trinajstić information content (AvgIpc) is 3.24. The van der Waals surface area contributed by atoms with Crippen LogP contribution in [0.15, 0.2) is 36.4 Å².